The third-order valence-corrected chi connectivity index (χ3v) is 2.37. The minimum absolute atomic E-state index is 0.196. The Kier molecular flexibility index (Phi) is 3.98. The molecule has 0 radical (unpaired) electrons. The maximum atomic E-state index is 10.6. The lowest BCUT2D eigenvalue weighted by atomic mass is 10.2. The first kappa shape index (κ1) is 12.2. The number of pyridine rings is 1. The predicted molar refractivity (Wildman–Crippen MR) is 62.9 cm³/mol. The molecule has 2 rings (SSSR count). The number of rotatable bonds is 6. The van der Waals surface area contributed by atoms with E-state index in [2.05, 4.69) is 20.6 Å². The van der Waals surface area contributed by atoms with Crippen LogP contribution < -0.4 is 5.32 Å². The second-order valence-corrected chi connectivity index (χ2v) is 3.69. The predicted octanol–water partition coefficient (Wildman–Crippen LogP) is 0.161. The van der Waals surface area contributed by atoms with Crippen LogP contribution in [0.15, 0.2) is 30.7 Å². The molecule has 2 aromatic heterocycles. The summed E-state index contributed by atoms with van der Waals surface area (Å²) in [6.07, 6.45) is 4.78. The number of aromatic carboxylic acids is 1. The van der Waals surface area contributed by atoms with E-state index in [1.165, 1.54) is 6.20 Å². The van der Waals surface area contributed by atoms with Gasteiger partial charge in [0.1, 0.15) is 0 Å². The van der Waals surface area contributed by atoms with Gasteiger partial charge in [-0.2, -0.15) is 0 Å². The number of hydrogen-bond acceptors (Lipinski definition) is 5. The summed E-state index contributed by atoms with van der Waals surface area (Å²) in [5.74, 6) is -0.965. The van der Waals surface area contributed by atoms with E-state index < -0.39 is 5.97 Å². The maximum Gasteiger partial charge on any atom is 0.337 e. The molecule has 0 aliphatic rings. The fourth-order valence-corrected chi connectivity index (χ4v) is 1.42. The molecule has 0 saturated carbocycles. The summed E-state index contributed by atoms with van der Waals surface area (Å²) in [7, 11) is 0. The highest BCUT2D eigenvalue weighted by Crippen LogP contribution is 1.99. The molecule has 0 spiro atoms. The molecule has 94 valence electrons. The molecule has 0 fully saturated rings. The molecule has 2 aromatic rings. The number of carboxylic acids is 1. The van der Waals surface area contributed by atoms with Crippen molar-refractivity contribution in [3.8, 4) is 0 Å². The van der Waals surface area contributed by atoms with Crippen molar-refractivity contribution in [2.45, 2.75) is 13.1 Å². The van der Waals surface area contributed by atoms with E-state index in [4.69, 9.17) is 5.11 Å². The molecule has 7 nitrogen and oxygen atoms in total. The molecule has 0 aliphatic carbocycles. The van der Waals surface area contributed by atoms with E-state index in [-0.39, 0.29) is 5.56 Å². The normalized spacial score (nSPS) is 10.4. The Morgan fingerprint density at radius 2 is 2.33 bits per heavy atom. The standard InChI is InChI=1S/C11H13N5O2/c17-11(18)9-1-2-10(13-7-9)8-12-3-5-16-6-4-14-15-16/h1-2,4,6-7,12H,3,5,8H2,(H,17,18). The zero-order valence-corrected chi connectivity index (χ0v) is 9.65. The molecular weight excluding hydrogens is 234 g/mol. The van der Waals surface area contributed by atoms with Gasteiger partial charge in [0.2, 0.25) is 0 Å². The Bertz CT molecular complexity index is 495. The van der Waals surface area contributed by atoms with Gasteiger partial charge in [0.05, 0.1) is 24.0 Å². The fourth-order valence-electron chi connectivity index (χ4n) is 1.42. The SMILES string of the molecule is O=C(O)c1ccc(CNCCn2ccnn2)nc1. The van der Waals surface area contributed by atoms with E-state index >= 15 is 0 Å². The van der Waals surface area contributed by atoms with Crippen LogP contribution in [0, 0.1) is 0 Å². The Hall–Kier alpha value is -2.28. The monoisotopic (exact) mass is 247 g/mol. The molecule has 0 saturated heterocycles. The third-order valence-electron chi connectivity index (χ3n) is 2.37. The minimum atomic E-state index is -0.965. The zero-order valence-electron chi connectivity index (χ0n) is 9.65. The second kappa shape index (κ2) is 5.87. The average molecular weight is 247 g/mol. The lowest BCUT2D eigenvalue weighted by Gasteiger charge is -2.04. The lowest BCUT2D eigenvalue weighted by Crippen LogP contribution is -2.20. The van der Waals surface area contributed by atoms with E-state index in [1.807, 2.05) is 0 Å². The summed E-state index contributed by atoms with van der Waals surface area (Å²) in [5.41, 5.74) is 1.000. The van der Waals surface area contributed by atoms with Crippen molar-refractivity contribution in [3.05, 3.63) is 42.0 Å². The van der Waals surface area contributed by atoms with E-state index in [0.29, 0.717) is 6.54 Å². The molecule has 0 atom stereocenters. The number of hydrogen-bond donors (Lipinski definition) is 2. The smallest absolute Gasteiger partial charge is 0.337 e. The zero-order chi connectivity index (χ0) is 12.8. The number of aromatic nitrogens is 4. The third kappa shape index (κ3) is 3.36. The molecule has 2 heterocycles. The number of carboxylic acid groups (broad SMARTS) is 1. The quantitative estimate of drug-likeness (QED) is 0.706. The van der Waals surface area contributed by atoms with Crippen molar-refractivity contribution in [1.82, 2.24) is 25.3 Å². The summed E-state index contributed by atoms with van der Waals surface area (Å²) in [4.78, 5) is 14.7. The molecule has 0 aliphatic heterocycles. The molecule has 2 N–H and O–H groups in total. The number of carbonyl (C=O) groups is 1. The van der Waals surface area contributed by atoms with Crippen LogP contribution in [0.2, 0.25) is 0 Å². The molecular formula is C11H13N5O2. The van der Waals surface area contributed by atoms with Gasteiger partial charge in [0, 0.05) is 25.5 Å². The van der Waals surface area contributed by atoms with Gasteiger partial charge in [-0.25, -0.2) is 4.79 Å². The van der Waals surface area contributed by atoms with Crippen molar-refractivity contribution in [3.63, 3.8) is 0 Å². The van der Waals surface area contributed by atoms with E-state index in [1.54, 1.807) is 29.2 Å². The van der Waals surface area contributed by atoms with Crippen LogP contribution in [0.4, 0.5) is 0 Å². The first-order valence-electron chi connectivity index (χ1n) is 5.49. The van der Waals surface area contributed by atoms with Gasteiger partial charge in [0.25, 0.3) is 0 Å². The maximum absolute atomic E-state index is 10.6. The van der Waals surface area contributed by atoms with Gasteiger partial charge in [-0.3, -0.25) is 9.67 Å². The summed E-state index contributed by atoms with van der Waals surface area (Å²) in [6, 6.07) is 3.25. The minimum Gasteiger partial charge on any atom is -0.478 e. The number of nitrogens with zero attached hydrogens (tertiary/aromatic N) is 4. The molecule has 0 amide bonds. The van der Waals surface area contributed by atoms with Gasteiger partial charge >= 0.3 is 5.97 Å². The van der Waals surface area contributed by atoms with Crippen molar-refractivity contribution < 1.29 is 9.90 Å². The summed E-state index contributed by atoms with van der Waals surface area (Å²) in [6.45, 7) is 2.06. The number of nitrogens with one attached hydrogen (secondary N) is 1. The van der Waals surface area contributed by atoms with Crippen LogP contribution >= 0.6 is 0 Å². The van der Waals surface area contributed by atoms with Gasteiger partial charge in [-0.05, 0) is 12.1 Å². The van der Waals surface area contributed by atoms with Crippen LogP contribution in [0.25, 0.3) is 0 Å². The van der Waals surface area contributed by atoms with Crippen LogP contribution in [0.1, 0.15) is 16.1 Å². The highest BCUT2D eigenvalue weighted by Gasteiger charge is 2.02. The van der Waals surface area contributed by atoms with E-state index in [9.17, 15) is 4.79 Å². The summed E-state index contributed by atoms with van der Waals surface area (Å²) in [5, 5.41) is 19.5. The molecule has 7 heteroatoms. The Morgan fingerprint density at radius 3 is 2.94 bits per heavy atom. The largest absolute Gasteiger partial charge is 0.478 e. The first-order valence-corrected chi connectivity index (χ1v) is 5.49. The van der Waals surface area contributed by atoms with Gasteiger partial charge in [0.15, 0.2) is 0 Å². The molecule has 0 aromatic carbocycles. The van der Waals surface area contributed by atoms with Gasteiger partial charge in [-0.1, -0.05) is 5.21 Å². The highest BCUT2D eigenvalue weighted by atomic mass is 16.4. The van der Waals surface area contributed by atoms with Crippen LogP contribution in [0.5, 0.6) is 0 Å². The topological polar surface area (TPSA) is 92.9 Å². The summed E-state index contributed by atoms with van der Waals surface area (Å²) >= 11 is 0. The second-order valence-electron chi connectivity index (χ2n) is 3.69. The first-order chi connectivity index (χ1) is 8.75. The molecule has 0 bridgehead atoms. The van der Waals surface area contributed by atoms with E-state index in [0.717, 1.165) is 18.8 Å². The average Bonchev–Trinajstić information content (AvgIpc) is 2.88. The van der Waals surface area contributed by atoms with Crippen molar-refractivity contribution in [1.29, 1.82) is 0 Å². The van der Waals surface area contributed by atoms with Gasteiger partial charge in [-0.15, -0.1) is 5.10 Å². The van der Waals surface area contributed by atoms with Crippen LogP contribution in [-0.2, 0) is 13.1 Å². The Balaban J connectivity index is 1.75. The summed E-state index contributed by atoms with van der Waals surface area (Å²) < 4.78 is 1.73. The highest BCUT2D eigenvalue weighted by molar-refractivity contribution is 5.87. The molecule has 0 unspecified atom stereocenters. The van der Waals surface area contributed by atoms with Crippen LogP contribution in [0.3, 0.4) is 0 Å². The lowest BCUT2D eigenvalue weighted by molar-refractivity contribution is 0.0696. The van der Waals surface area contributed by atoms with Crippen molar-refractivity contribution >= 4 is 5.97 Å². The van der Waals surface area contributed by atoms with Gasteiger partial charge < -0.3 is 10.4 Å². The molecule has 18 heavy (non-hydrogen) atoms. The fraction of sp³-hybridized carbons (Fsp3) is 0.273. The Morgan fingerprint density at radius 1 is 1.44 bits per heavy atom. The van der Waals surface area contributed by atoms with Crippen molar-refractivity contribution in [2.75, 3.05) is 6.54 Å². The van der Waals surface area contributed by atoms with Crippen LogP contribution in [-0.4, -0.2) is 37.6 Å². The Labute approximate surface area is 103 Å². The van der Waals surface area contributed by atoms with Crippen molar-refractivity contribution in [2.24, 2.45) is 0 Å².